The summed E-state index contributed by atoms with van der Waals surface area (Å²) in [7, 11) is 0. The van der Waals surface area contributed by atoms with Gasteiger partial charge in [0.15, 0.2) is 6.10 Å². The average molecular weight is 254 g/mol. The van der Waals surface area contributed by atoms with Gasteiger partial charge in [0.05, 0.1) is 6.61 Å². The largest absolute Gasteiger partial charge is 0.465 e. The summed E-state index contributed by atoms with van der Waals surface area (Å²) < 4.78 is 9.93. The van der Waals surface area contributed by atoms with Crippen LogP contribution in [0.4, 0.5) is 0 Å². The summed E-state index contributed by atoms with van der Waals surface area (Å²) in [6.45, 7) is 6.12. The van der Waals surface area contributed by atoms with Crippen LogP contribution in [0.5, 0.6) is 0 Å². The molecule has 0 aliphatic carbocycles. The molecular formula is C14H22O4. The maximum absolute atomic E-state index is 11.3. The molecule has 0 spiro atoms. The van der Waals surface area contributed by atoms with Crippen LogP contribution in [-0.2, 0) is 19.1 Å². The van der Waals surface area contributed by atoms with Crippen molar-refractivity contribution in [2.24, 2.45) is 5.92 Å². The van der Waals surface area contributed by atoms with Gasteiger partial charge < -0.3 is 9.47 Å². The van der Waals surface area contributed by atoms with Crippen molar-refractivity contribution in [3.05, 3.63) is 0 Å². The van der Waals surface area contributed by atoms with Crippen molar-refractivity contribution < 1.29 is 19.1 Å². The standard InChI is InChI=1S/C14H22O4/c1-5-11(3)10-17-13(15)8-7-9-14(16)18-12(4)6-2/h2,11-12H,5,7-10H2,1,3-4H3. The highest BCUT2D eigenvalue weighted by molar-refractivity contribution is 5.72. The fourth-order valence-electron chi connectivity index (χ4n) is 1.09. The van der Waals surface area contributed by atoms with Gasteiger partial charge in [0.2, 0.25) is 0 Å². The lowest BCUT2D eigenvalue weighted by atomic mass is 10.1. The Morgan fingerprint density at radius 1 is 1.22 bits per heavy atom. The third-order valence-corrected chi connectivity index (χ3v) is 2.53. The molecule has 0 aromatic rings. The normalized spacial score (nSPS) is 13.2. The first-order valence-corrected chi connectivity index (χ1v) is 6.30. The Kier molecular flexibility index (Phi) is 8.73. The van der Waals surface area contributed by atoms with Crippen LogP contribution in [0, 0.1) is 18.3 Å². The van der Waals surface area contributed by atoms with Crippen LogP contribution in [0.2, 0.25) is 0 Å². The fraction of sp³-hybridized carbons (Fsp3) is 0.714. The van der Waals surface area contributed by atoms with E-state index in [1.807, 2.05) is 13.8 Å². The number of ether oxygens (including phenoxy) is 2. The van der Waals surface area contributed by atoms with Crippen LogP contribution in [0.25, 0.3) is 0 Å². The van der Waals surface area contributed by atoms with Crippen molar-refractivity contribution in [2.45, 2.75) is 52.6 Å². The Bertz CT molecular complexity index is 303. The van der Waals surface area contributed by atoms with Gasteiger partial charge in [-0.3, -0.25) is 9.59 Å². The number of hydrogen-bond acceptors (Lipinski definition) is 4. The second-order valence-electron chi connectivity index (χ2n) is 4.35. The molecule has 0 saturated carbocycles. The average Bonchev–Trinajstić information content (AvgIpc) is 2.35. The zero-order chi connectivity index (χ0) is 14.0. The van der Waals surface area contributed by atoms with Gasteiger partial charge in [-0.1, -0.05) is 26.2 Å². The number of hydrogen-bond donors (Lipinski definition) is 0. The SMILES string of the molecule is C#CC(C)OC(=O)CCCC(=O)OCC(C)CC. The van der Waals surface area contributed by atoms with E-state index in [2.05, 4.69) is 5.92 Å². The Labute approximate surface area is 109 Å². The van der Waals surface area contributed by atoms with E-state index in [0.717, 1.165) is 6.42 Å². The highest BCUT2D eigenvalue weighted by Gasteiger charge is 2.10. The van der Waals surface area contributed by atoms with Crippen LogP contribution in [0.1, 0.15) is 46.5 Å². The molecule has 0 aliphatic rings. The summed E-state index contributed by atoms with van der Waals surface area (Å²) in [5.74, 6) is 2.02. The topological polar surface area (TPSA) is 52.6 Å². The van der Waals surface area contributed by atoms with E-state index >= 15 is 0 Å². The molecule has 18 heavy (non-hydrogen) atoms. The van der Waals surface area contributed by atoms with Crippen molar-refractivity contribution in [3.63, 3.8) is 0 Å². The first-order chi connectivity index (χ1) is 8.49. The molecule has 0 fully saturated rings. The summed E-state index contributed by atoms with van der Waals surface area (Å²) in [4.78, 5) is 22.6. The molecule has 0 heterocycles. The zero-order valence-electron chi connectivity index (χ0n) is 11.4. The van der Waals surface area contributed by atoms with Crippen LogP contribution in [0.3, 0.4) is 0 Å². The highest BCUT2D eigenvalue weighted by atomic mass is 16.5. The summed E-state index contributed by atoms with van der Waals surface area (Å²) in [6.07, 6.45) is 6.38. The van der Waals surface area contributed by atoms with Gasteiger partial charge in [0.1, 0.15) is 0 Å². The molecule has 102 valence electrons. The predicted molar refractivity (Wildman–Crippen MR) is 68.7 cm³/mol. The maximum Gasteiger partial charge on any atom is 0.307 e. The number of rotatable bonds is 8. The van der Waals surface area contributed by atoms with Gasteiger partial charge in [-0.15, -0.1) is 6.42 Å². The number of carbonyl (C=O) groups excluding carboxylic acids is 2. The molecule has 4 heteroatoms. The molecule has 4 nitrogen and oxygen atoms in total. The van der Waals surface area contributed by atoms with Crippen LogP contribution in [-0.4, -0.2) is 24.6 Å². The smallest absolute Gasteiger partial charge is 0.307 e. The minimum Gasteiger partial charge on any atom is -0.465 e. The van der Waals surface area contributed by atoms with Gasteiger partial charge >= 0.3 is 11.9 Å². The third kappa shape index (κ3) is 8.63. The first-order valence-electron chi connectivity index (χ1n) is 6.30. The quantitative estimate of drug-likeness (QED) is 0.492. The number of carbonyl (C=O) groups is 2. The van der Waals surface area contributed by atoms with Crippen molar-refractivity contribution >= 4 is 11.9 Å². The fourth-order valence-corrected chi connectivity index (χ4v) is 1.09. The Hall–Kier alpha value is -1.50. The van der Waals surface area contributed by atoms with E-state index in [1.54, 1.807) is 6.92 Å². The second-order valence-corrected chi connectivity index (χ2v) is 4.35. The minimum absolute atomic E-state index is 0.185. The lowest BCUT2D eigenvalue weighted by molar-refractivity contribution is -0.147. The maximum atomic E-state index is 11.3. The summed E-state index contributed by atoms with van der Waals surface area (Å²) in [6, 6.07) is 0. The van der Waals surface area contributed by atoms with Gasteiger partial charge in [-0.25, -0.2) is 0 Å². The second kappa shape index (κ2) is 9.52. The summed E-state index contributed by atoms with van der Waals surface area (Å²) >= 11 is 0. The molecule has 0 radical (unpaired) electrons. The molecule has 0 aromatic carbocycles. The molecule has 0 aromatic heterocycles. The first kappa shape index (κ1) is 16.5. The van der Waals surface area contributed by atoms with E-state index < -0.39 is 6.10 Å². The van der Waals surface area contributed by atoms with Crippen molar-refractivity contribution in [3.8, 4) is 12.3 Å². The van der Waals surface area contributed by atoms with E-state index in [4.69, 9.17) is 15.9 Å². The lowest BCUT2D eigenvalue weighted by Crippen LogP contribution is -2.14. The minimum atomic E-state index is -0.519. The molecule has 0 rings (SSSR count). The summed E-state index contributed by atoms with van der Waals surface area (Å²) in [5, 5.41) is 0. The monoisotopic (exact) mass is 254 g/mol. The Morgan fingerprint density at radius 2 is 1.83 bits per heavy atom. The number of esters is 2. The van der Waals surface area contributed by atoms with Crippen LogP contribution < -0.4 is 0 Å². The van der Waals surface area contributed by atoms with E-state index in [1.165, 1.54) is 0 Å². The molecule has 2 unspecified atom stereocenters. The van der Waals surface area contributed by atoms with Crippen molar-refractivity contribution in [1.29, 1.82) is 0 Å². The third-order valence-electron chi connectivity index (χ3n) is 2.53. The Morgan fingerprint density at radius 3 is 2.39 bits per heavy atom. The molecule has 0 saturated heterocycles. The van der Waals surface area contributed by atoms with Gasteiger partial charge in [-0.05, 0) is 19.3 Å². The van der Waals surface area contributed by atoms with E-state index in [0.29, 0.717) is 18.9 Å². The molecular weight excluding hydrogens is 232 g/mol. The van der Waals surface area contributed by atoms with Gasteiger partial charge in [-0.2, -0.15) is 0 Å². The predicted octanol–water partition coefficient (Wildman–Crippen LogP) is 2.31. The molecule has 0 bridgehead atoms. The highest BCUT2D eigenvalue weighted by Crippen LogP contribution is 2.05. The molecule has 0 N–H and O–H groups in total. The number of terminal acetylenes is 1. The molecule has 0 amide bonds. The van der Waals surface area contributed by atoms with E-state index in [-0.39, 0.29) is 24.8 Å². The zero-order valence-corrected chi connectivity index (χ0v) is 11.4. The Balaban J connectivity index is 3.62. The molecule has 0 aliphatic heterocycles. The van der Waals surface area contributed by atoms with Crippen LogP contribution >= 0.6 is 0 Å². The molecule has 2 atom stereocenters. The van der Waals surface area contributed by atoms with Crippen molar-refractivity contribution in [2.75, 3.05) is 6.61 Å². The van der Waals surface area contributed by atoms with Gasteiger partial charge in [0.25, 0.3) is 0 Å². The lowest BCUT2D eigenvalue weighted by Gasteiger charge is -2.09. The summed E-state index contributed by atoms with van der Waals surface area (Å²) in [5.41, 5.74) is 0. The van der Waals surface area contributed by atoms with Gasteiger partial charge in [0, 0.05) is 12.8 Å². The van der Waals surface area contributed by atoms with Crippen LogP contribution in [0.15, 0.2) is 0 Å². The van der Waals surface area contributed by atoms with E-state index in [9.17, 15) is 9.59 Å². The van der Waals surface area contributed by atoms with Crippen molar-refractivity contribution in [1.82, 2.24) is 0 Å².